The van der Waals surface area contributed by atoms with Crippen molar-refractivity contribution in [2.75, 3.05) is 24.3 Å². The zero-order chi connectivity index (χ0) is 19.2. The van der Waals surface area contributed by atoms with Crippen molar-refractivity contribution >= 4 is 29.3 Å². The summed E-state index contributed by atoms with van der Waals surface area (Å²) in [6.07, 6.45) is -0.998. The number of amides is 1. The number of halogens is 1. The maximum atomic E-state index is 13.1. The lowest BCUT2D eigenvalue weighted by molar-refractivity contribution is -0.150. The number of ether oxygens (including phenoxy) is 3. The molecule has 142 valence electrons. The number of anilines is 1. The normalized spacial score (nSPS) is 13.6. The van der Waals surface area contributed by atoms with Crippen LogP contribution in [0.5, 0.6) is 11.5 Å². The third-order valence-corrected chi connectivity index (χ3v) is 4.61. The van der Waals surface area contributed by atoms with Gasteiger partial charge in [-0.05, 0) is 43.3 Å². The summed E-state index contributed by atoms with van der Waals surface area (Å²) in [6, 6.07) is 10.9. The average Bonchev–Trinajstić information content (AvgIpc) is 2.66. The molecular weight excluding hydrogens is 373 g/mol. The molecule has 0 aliphatic carbocycles. The predicted octanol–water partition coefficient (Wildman–Crippen LogP) is 3.26. The lowest BCUT2D eigenvalue weighted by atomic mass is 10.3. The van der Waals surface area contributed by atoms with Gasteiger partial charge in [0.2, 0.25) is 0 Å². The van der Waals surface area contributed by atoms with Crippen LogP contribution in [-0.2, 0) is 14.3 Å². The minimum absolute atomic E-state index is 0.0389. The molecular formula is C19H18FNO5S. The van der Waals surface area contributed by atoms with Crippen LogP contribution in [0.25, 0.3) is 0 Å². The third kappa shape index (κ3) is 5.37. The van der Waals surface area contributed by atoms with Crippen LogP contribution in [0.4, 0.5) is 10.1 Å². The highest BCUT2D eigenvalue weighted by Gasteiger charge is 2.19. The molecule has 0 unspecified atom stereocenters. The molecule has 1 aliphatic heterocycles. The summed E-state index contributed by atoms with van der Waals surface area (Å²) in [4.78, 5) is 24.9. The SMILES string of the molecule is C[C@H](OC(=O)CSc1ccc2c(c1)OCCO2)C(=O)Nc1cccc(F)c1. The Hall–Kier alpha value is -2.74. The Morgan fingerprint density at radius 3 is 2.74 bits per heavy atom. The zero-order valence-electron chi connectivity index (χ0n) is 14.6. The first-order valence-electron chi connectivity index (χ1n) is 8.29. The summed E-state index contributed by atoms with van der Waals surface area (Å²) in [6.45, 7) is 2.46. The first kappa shape index (κ1) is 19.0. The molecule has 2 aromatic carbocycles. The molecule has 0 saturated carbocycles. The number of esters is 1. The van der Waals surface area contributed by atoms with Crippen LogP contribution in [0, 0.1) is 5.82 Å². The van der Waals surface area contributed by atoms with Crippen LogP contribution >= 0.6 is 11.8 Å². The van der Waals surface area contributed by atoms with Crippen molar-refractivity contribution in [3.8, 4) is 11.5 Å². The first-order chi connectivity index (χ1) is 13.0. The molecule has 2 aromatic rings. The molecule has 1 heterocycles. The second kappa shape index (κ2) is 8.77. The monoisotopic (exact) mass is 391 g/mol. The minimum atomic E-state index is -0.998. The fourth-order valence-corrected chi connectivity index (χ4v) is 3.06. The second-order valence-corrected chi connectivity index (χ2v) is 6.77. The van der Waals surface area contributed by atoms with Gasteiger partial charge in [-0.2, -0.15) is 0 Å². The van der Waals surface area contributed by atoms with Gasteiger partial charge in [0.15, 0.2) is 17.6 Å². The summed E-state index contributed by atoms with van der Waals surface area (Å²) < 4.78 is 29.2. The van der Waals surface area contributed by atoms with E-state index in [-0.39, 0.29) is 5.75 Å². The number of hydrogen-bond acceptors (Lipinski definition) is 6. The third-order valence-electron chi connectivity index (χ3n) is 3.64. The number of hydrogen-bond donors (Lipinski definition) is 1. The molecule has 3 rings (SSSR count). The summed E-state index contributed by atoms with van der Waals surface area (Å²) in [5.41, 5.74) is 0.300. The van der Waals surface area contributed by atoms with Gasteiger partial charge >= 0.3 is 5.97 Å². The van der Waals surface area contributed by atoms with E-state index in [9.17, 15) is 14.0 Å². The van der Waals surface area contributed by atoms with Crippen molar-refractivity contribution in [3.63, 3.8) is 0 Å². The van der Waals surface area contributed by atoms with E-state index in [1.54, 1.807) is 18.2 Å². The molecule has 1 aliphatic rings. The Balaban J connectivity index is 1.47. The Labute approximate surface area is 160 Å². The Morgan fingerprint density at radius 2 is 1.96 bits per heavy atom. The van der Waals surface area contributed by atoms with Gasteiger partial charge in [0.05, 0.1) is 5.75 Å². The molecule has 27 heavy (non-hydrogen) atoms. The highest BCUT2D eigenvalue weighted by atomic mass is 32.2. The minimum Gasteiger partial charge on any atom is -0.486 e. The maximum Gasteiger partial charge on any atom is 0.317 e. The van der Waals surface area contributed by atoms with E-state index in [0.29, 0.717) is 30.4 Å². The van der Waals surface area contributed by atoms with Crippen LogP contribution in [0.15, 0.2) is 47.4 Å². The van der Waals surface area contributed by atoms with Gasteiger partial charge in [0, 0.05) is 10.6 Å². The van der Waals surface area contributed by atoms with Gasteiger partial charge in [-0.1, -0.05) is 6.07 Å². The number of carbonyl (C=O) groups is 2. The van der Waals surface area contributed by atoms with Gasteiger partial charge in [-0.15, -0.1) is 11.8 Å². The Morgan fingerprint density at radius 1 is 1.19 bits per heavy atom. The number of rotatable bonds is 6. The molecule has 1 N–H and O–H groups in total. The largest absolute Gasteiger partial charge is 0.486 e. The topological polar surface area (TPSA) is 73.9 Å². The quantitative estimate of drug-likeness (QED) is 0.602. The van der Waals surface area contributed by atoms with Crippen LogP contribution in [0.1, 0.15) is 6.92 Å². The second-order valence-electron chi connectivity index (χ2n) is 5.73. The summed E-state index contributed by atoms with van der Waals surface area (Å²) in [5.74, 6) is -0.168. The van der Waals surface area contributed by atoms with Crippen LogP contribution in [-0.4, -0.2) is 36.9 Å². The van der Waals surface area contributed by atoms with Crippen LogP contribution in [0.2, 0.25) is 0 Å². The summed E-state index contributed by atoms with van der Waals surface area (Å²) >= 11 is 1.27. The lowest BCUT2D eigenvalue weighted by Crippen LogP contribution is -2.30. The Bertz CT molecular complexity index is 845. The van der Waals surface area contributed by atoms with Crippen molar-refractivity contribution in [2.24, 2.45) is 0 Å². The van der Waals surface area contributed by atoms with Crippen LogP contribution < -0.4 is 14.8 Å². The van der Waals surface area contributed by atoms with E-state index in [1.165, 1.54) is 36.9 Å². The smallest absolute Gasteiger partial charge is 0.317 e. The zero-order valence-corrected chi connectivity index (χ0v) is 15.4. The molecule has 0 fully saturated rings. The van der Waals surface area contributed by atoms with Crippen molar-refractivity contribution < 1.29 is 28.2 Å². The van der Waals surface area contributed by atoms with Gasteiger partial charge in [0.25, 0.3) is 5.91 Å². The summed E-state index contributed by atoms with van der Waals surface area (Å²) in [7, 11) is 0. The van der Waals surface area contributed by atoms with E-state index >= 15 is 0 Å². The van der Waals surface area contributed by atoms with Gasteiger partial charge in [0.1, 0.15) is 19.0 Å². The fourth-order valence-electron chi connectivity index (χ4n) is 2.35. The average molecular weight is 391 g/mol. The number of benzene rings is 2. The van der Waals surface area contributed by atoms with E-state index < -0.39 is 23.8 Å². The van der Waals surface area contributed by atoms with Crippen molar-refractivity contribution in [1.82, 2.24) is 0 Å². The molecule has 8 heteroatoms. The number of thioether (sulfide) groups is 1. The maximum absolute atomic E-state index is 13.1. The lowest BCUT2D eigenvalue weighted by Gasteiger charge is -2.18. The van der Waals surface area contributed by atoms with E-state index in [1.807, 2.05) is 6.07 Å². The number of carbonyl (C=O) groups excluding carboxylic acids is 2. The molecule has 0 spiro atoms. The first-order valence-corrected chi connectivity index (χ1v) is 9.28. The van der Waals surface area contributed by atoms with E-state index in [4.69, 9.17) is 14.2 Å². The highest BCUT2D eigenvalue weighted by molar-refractivity contribution is 8.00. The van der Waals surface area contributed by atoms with Gasteiger partial charge in [-0.25, -0.2) is 4.39 Å². The number of nitrogens with one attached hydrogen (secondary N) is 1. The highest BCUT2D eigenvalue weighted by Crippen LogP contribution is 2.34. The standard InChI is InChI=1S/C19H18FNO5S/c1-12(19(23)21-14-4-2-3-13(20)9-14)26-18(22)11-27-15-5-6-16-17(10-15)25-8-7-24-16/h2-6,9-10,12H,7-8,11H2,1H3,(H,21,23)/t12-/m0/s1. The van der Waals surface area contributed by atoms with Crippen LogP contribution in [0.3, 0.4) is 0 Å². The van der Waals surface area contributed by atoms with Crippen molar-refractivity contribution in [1.29, 1.82) is 0 Å². The van der Waals surface area contributed by atoms with E-state index in [0.717, 1.165) is 4.90 Å². The molecule has 1 atom stereocenters. The molecule has 0 saturated heterocycles. The fraction of sp³-hybridized carbons (Fsp3) is 0.263. The molecule has 0 radical (unpaired) electrons. The van der Waals surface area contributed by atoms with Gasteiger partial charge < -0.3 is 19.5 Å². The predicted molar refractivity (Wildman–Crippen MR) is 98.7 cm³/mol. The molecule has 6 nitrogen and oxygen atoms in total. The molecule has 0 bridgehead atoms. The number of fused-ring (bicyclic) bond motifs is 1. The van der Waals surface area contributed by atoms with Crippen molar-refractivity contribution in [2.45, 2.75) is 17.9 Å². The molecule has 0 aromatic heterocycles. The molecule has 1 amide bonds. The van der Waals surface area contributed by atoms with Crippen molar-refractivity contribution in [3.05, 3.63) is 48.3 Å². The summed E-state index contributed by atoms with van der Waals surface area (Å²) in [5, 5.41) is 2.50. The van der Waals surface area contributed by atoms with Gasteiger partial charge in [-0.3, -0.25) is 9.59 Å². The van der Waals surface area contributed by atoms with E-state index in [2.05, 4.69) is 5.32 Å². The Kier molecular flexibility index (Phi) is 6.18.